The van der Waals surface area contributed by atoms with E-state index >= 15 is 0 Å². The highest BCUT2D eigenvalue weighted by molar-refractivity contribution is 5.99. The van der Waals surface area contributed by atoms with Gasteiger partial charge in [0, 0.05) is 24.7 Å². The number of aromatic nitrogens is 1. The number of piperidine rings is 1. The van der Waals surface area contributed by atoms with Crippen LogP contribution in [0.3, 0.4) is 0 Å². The number of nitrogens with zero attached hydrogens (tertiary/aromatic N) is 2. The molecule has 1 fully saturated rings. The third kappa shape index (κ3) is 2.52. The van der Waals surface area contributed by atoms with E-state index in [1.807, 2.05) is 35.2 Å². The van der Waals surface area contributed by atoms with Crippen LogP contribution in [0.25, 0.3) is 10.9 Å². The molecule has 0 atom stereocenters. The highest BCUT2D eigenvalue weighted by Crippen LogP contribution is 2.21. The van der Waals surface area contributed by atoms with Crippen molar-refractivity contribution in [2.75, 3.05) is 18.4 Å². The van der Waals surface area contributed by atoms with Crippen molar-refractivity contribution in [3.8, 4) is 0 Å². The minimum absolute atomic E-state index is 0.0159. The fourth-order valence-electron chi connectivity index (χ4n) is 2.50. The Hall–Kier alpha value is -2.10. The third-order valence-electron chi connectivity index (χ3n) is 3.52. The predicted molar refractivity (Wildman–Crippen MR) is 76.2 cm³/mol. The molecule has 0 saturated carbocycles. The molecule has 0 spiro atoms. The standard InChI is InChI=1S/C15H17N3O/c19-15(18-10-2-1-3-11-18)17-13-8-4-6-12-7-5-9-16-14(12)13/h4-9H,1-3,10-11H2,(H,17,19). The minimum atomic E-state index is -0.0159. The number of rotatable bonds is 1. The van der Waals surface area contributed by atoms with Crippen molar-refractivity contribution >= 4 is 22.6 Å². The van der Waals surface area contributed by atoms with Gasteiger partial charge in [0.2, 0.25) is 0 Å². The van der Waals surface area contributed by atoms with Crippen LogP contribution in [0.1, 0.15) is 19.3 Å². The first-order valence-corrected chi connectivity index (χ1v) is 6.74. The molecule has 2 amide bonds. The first-order chi connectivity index (χ1) is 9.34. The topological polar surface area (TPSA) is 45.2 Å². The van der Waals surface area contributed by atoms with Gasteiger partial charge < -0.3 is 10.2 Å². The summed E-state index contributed by atoms with van der Waals surface area (Å²) >= 11 is 0. The monoisotopic (exact) mass is 255 g/mol. The zero-order chi connectivity index (χ0) is 13.1. The first kappa shape index (κ1) is 12.0. The molecule has 2 heterocycles. The number of pyridine rings is 1. The molecule has 1 aromatic heterocycles. The lowest BCUT2D eigenvalue weighted by atomic mass is 10.1. The van der Waals surface area contributed by atoms with E-state index in [0.717, 1.165) is 42.5 Å². The summed E-state index contributed by atoms with van der Waals surface area (Å²) in [6.07, 6.45) is 5.17. The lowest BCUT2D eigenvalue weighted by Crippen LogP contribution is -2.38. The summed E-state index contributed by atoms with van der Waals surface area (Å²) in [5, 5.41) is 4.02. The molecular formula is C15H17N3O. The van der Waals surface area contributed by atoms with Crippen molar-refractivity contribution in [2.24, 2.45) is 0 Å². The van der Waals surface area contributed by atoms with Gasteiger partial charge in [-0.3, -0.25) is 4.98 Å². The molecule has 1 aliphatic rings. The van der Waals surface area contributed by atoms with Crippen LogP contribution in [0.15, 0.2) is 36.5 Å². The van der Waals surface area contributed by atoms with E-state index in [9.17, 15) is 4.79 Å². The molecule has 1 saturated heterocycles. The second kappa shape index (κ2) is 5.26. The number of anilines is 1. The number of nitrogens with one attached hydrogen (secondary N) is 1. The van der Waals surface area contributed by atoms with Gasteiger partial charge in [-0.15, -0.1) is 0 Å². The van der Waals surface area contributed by atoms with Gasteiger partial charge in [-0.05, 0) is 31.4 Å². The quantitative estimate of drug-likeness (QED) is 0.850. The molecule has 1 aromatic carbocycles. The van der Waals surface area contributed by atoms with E-state index in [1.165, 1.54) is 6.42 Å². The van der Waals surface area contributed by atoms with Crippen LogP contribution < -0.4 is 5.32 Å². The van der Waals surface area contributed by atoms with Crippen molar-refractivity contribution < 1.29 is 4.79 Å². The van der Waals surface area contributed by atoms with Crippen LogP contribution in [0.4, 0.5) is 10.5 Å². The third-order valence-corrected chi connectivity index (χ3v) is 3.52. The van der Waals surface area contributed by atoms with Crippen molar-refractivity contribution in [3.63, 3.8) is 0 Å². The van der Waals surface area contributed by atoms with Gasteiger partial charge in [-0.2, -0.15) is 0 Å². The predicted octanol–water partition coefficient (Wildman–Crippen LogP) is 3.25. The molecular weight excluding hydrogens is 238 g/mol. The Morgan fingerprint density at radius 1 is 1.11 bits per heavy atom. The molecule has 0 radical (unpaired) electrons. The van der Waals surface area contributed by atoms with E-state index < -0.39 is 0 Å². The second-order valence-electron chi connectivity index (χ2n) is 4.86. The SMILES string of the molecule is O=C(Nc1cccc2cccnc12)N1CCCCC1. The minimum Gasteiger partial charge on any atom is -0.325 e. The fraction of sp³-hybridized carbons (Fsp3) is 0.333. The zero-order valence-electron chi connectivity index (χ0n) is 10.8. The summed E-state index contributed by atoms with van der Waals surface area (Å²) in [5.74, 6) is 0. The maximum absolute atomic E-state index is 12.2. The lowest BCUT2D eigenvalue weighted by molar-refractivity contribution is 0.200. The van der Waals surface area contributed by atoms with Crippen molar-refractivity contribution in [1.82, 2.24) is 9.88 Å². The van der Waals surface area contributed by atoms with Gasteiger partial charge in [0.25, 0.3) is 0 Å². The molecule has 4 nitrogen and oxygen atoms in total. The van der Waals surface area contributed by atoms with Gasteiger partial charge in [-0.25, -0.2) is 4.79 Å². The Kier molecular flexibility index (Phi) is 3.31. The zero-order valence-corrected chi connectivity index (χ0v) is 10.8. The molecule has 2 aromatic rings. The largest absolute Gasteiger partial charge is 0.325 e. The van der Waals surface area contributed by atoms with Crippen LogP contribution in [0.5, 0.6) is 0 Å². The number of hydrogen-bond acceptors (Lipinski definition) is 2. The molecule has 1 N–H and O–H groups in total. The van der Waals surface area contributed by atoms with Crippen LogP contribution in [-0.2, 0) is 0 Å². The van der Waals surface area contributed by atoms with Crippen LogP contribution in [-0.4, -0.2) is 29.0 Å². The van der Waals surface area contributed by atoms with Gasteiger partial charge in [0.05, 0.1) is 11.2 Å². The van der Waals surface area contributed by atoms with E-state index in [2.05, 4.69) is 10.3 Å². The van der Waals surface area contributed by atoms with E-state index in [0.29, 0.717) is 0 Å². The highest BCUT2D eigenvalue weighted by Gasteiger charge is 2.17. The summed E-state index contributed by atoms with van der Waals surface area (Å²) in [5.41, 5.74) is 1.63. The summed E-state index contributed by atoms with van der Waals surface area (Å²) in [6.45, 7) is 1.70. The van der Waals surface area contributed by atoms with Crippen molar-refractivity contribution in [2.45, 2.75) is 19.3 Å². The van der Waals surface area contributed by atoms with Gasteiger partial charge in [0.1, 0.15) is 0 Å². The first-order valence-electron chi connectivity index (χ1n) is 6.74. The molecule has 0 unspecified atom stereocenters. The number of carbonyl (C=O) groups is 1. The van der Waals surface area contributed by atoms with Gasteiger partial charge >= 0.3 is 6.03 Å². The van der Waals surface area contributed by atoms with Gasteiger partial charge in [0.15, 0.2) is 0 Å². The molecule has 0 aliphatic carbocycles. The average Bonchev–Trinajstić information content (AvgIpc) is 2.48. The molecule has 0 bridgehead atoms. The summed E-state index contributed by atoms with van der Waals surface area (Å²) in [7, 11) is 0. The summed E-state index contributed by atoms with van der Waals surface area (Å²) in [6, 6.07) is 9.72. The summed E-state index contributed by atoms with van der Waals surface area (Å²) < 4.78 is 0. The van der Waals surface area contributed by atoms with Crippen LogP contribution in [0, 0.1) is 0 Å². The van der Waals surface area contributed by atoms with Crippen LogP contribution in [0.2, 0.25) is 0 Å². The molecule has 1 aliphatic heterocycles. The Morgan fingerprint density at radius 2 is 1.89 bits per heavy atom. The van der Waals surface area contributed by atoms with E-state index in [4.69, 9.17) is 0 Å². The normalized spacial score (nSPS) is 15.5. The number of amides is 2. The van der Waals surface area contributed by atoms with Crippen molar-refractivity contribution in [3.05, 3.63) is 36.5 Å². The molecule has 19 heavy (non-hydrogen) atoms. The number of para-hydroxylation sites is 1. The number of carbonyl (C=O) groups excluding carboxylic acids is 1. The Bertz CT molecular complexity index is 585. The van der Waals surface area contributed by atoms with Gasteiger partial charge in [-0.1, -0.05) is 18.2 Å². The number of hydrogen-bond donors (Lipinski definition) is 1. The molecule has 3 rings (SSSR count). The Morgan fingerprint density at radius 3 is 2.74 bits per heavy atom. The number of urea groups is 1. The maximum atomic E-state index is 12.2. The molecule has 98 valence electrons. The smallest absolute Gasteiger partial charge is 0.321 e. The number of benzene rings is 1. The van der Waals surface area contributed by atoms with E-state index in [1.54, 1.807) is 6.20 Å². The average molecular weight is 255 g/mol. The summed E-state index contributed by atoms with van der Waals surface area (Å²) in [4.78, 5) is 18.4. The fourth-order valence-corrected chi connectivity index (χ4v) is 2.50. The second-order valence-corrected chi connectivity index (χ2v) is 4.86. The Balaban J connectivity index is 1.82. The highest BCUT2D eigenvalue weighted by atomic mass is 16.2. The molecule has 4 heteroatoms. The number of likely N-dealkylation sites (tertiary alicyclic amines) is 1. The van der Waals surface area contributed by atoms with Crippen LogP contribution >= 0.6 is 0 Å². The maximum Gasteiger partial charge on any atom is 0.321 e. The number of fused-ring (bicyclic) bond motifs is 1. The van der Waals surface area contributed by atoms with E-state index in [-0.39, 0.29) is 6.03 Å². The lowest BCUT2D eigenvalue weighted by Gasteiger charge is -2.26. The Labute approximate surface area is 112 Å². The van der Waals surface area contributed by atoms with Crippen molar-refractivity contribution in [1.29, 1.82) is 0 Å².